The number of carbonyl (C=O) groups is 1. The topological polar surface area (TPSA) is 32.3 Å². The standard InChI is InChI=1S/C16H21F3N2O/c1-11-9-21(10-12(2)20-11)15(22)8-5-13-3-6-14(7-4-13)16(17,18)19/h3-4,6-7,11-12,20H,5,8-10H2,1-2H3/t11-,12-/m0/s1. The van der Waals surface area contributed by atoms with Gasteiger partial charge in [-0.25, -0.2) is 0 Å². The molecule has 0 aromatic heterocycles. The van der Waals surface area contributed by atoms with Crippen molar-refractivity contribution < 1.29 is 18.0 Å². The van der Waals surface area contributed by atoms with E-state index < -0.39 is 11.7 Å². The predicted molar refractivity (Wildman–Crippen MR) is 78.4 cm³/mol. The fourth-order valence-corrected chi connectivity index (χ4v) is 2.80. The minimum Gasteiger partial charge on any atom is -0.340 e. The maximum atomic E-state index is 12.5. The molecule has 0 spiro atoms. The zero-order valence-corrected chi connectivity index (χ0v) is 12.8. The Morgan fingerprint density at radius 2 is 1.73 bits per heavy atom. The number of piperazine rings is 1. The molecule has 0 bridgehead atoms. The first kappa shape index (κ1) is 16.8. The van der Waals surface area contributed by atoms with Crippen molar-refractivity contribution in [2.75, 3.05) is 13.1 Å². The number of halogens is 3. The van der Waals surface area contributed by atoms with Crippen LogP contribution in [0.2, 0.25) is 0 Å². The van der Waals surface area contributed by atoms with Gasteiger partial charge in [0.25, 0.3) is 0 Å². The Balaban J connectivity index is 1.88. The summed E-state index contributed by atoms with van der Waals surface area (Å²) in [5, 5.41) is 3.36. The average molecular weight is 314 g/mol. The van der Waals surface area contributed by atoms with E-state index in [0.29, 0.717) is 25.9 Å². The lowest BCUT2D eigenvalue weighted by atomic mass is 10.1. The van der Waals surface area contributed by atoms with Gasteiger partial charge in [0, 0.05) is 31.6 Å². The second-order valence-corrected chi connectivity index (χ2v) is 5.96. The van der Waals surface area contributed by atoms with Gasteiger partial charge in [0.05, 0.1) is 5.56 Å². The number of carbonyl (C=O) groups excluding carboxylic acids is 1. The van der Waals surface area contributed by atoms with Crippen molar-refractivity contribution in [2.45, 2.75) is 44.9 Å². The zero-order chi connectivity index (χ0) is 16.3. The zero-order valence-electron chi connectivity index (χ0n) is 12.8. The predicted octanol–water partition coefficient (Wildman–Crippen LogP) is 2.85. The molecule has 6 heteroatoms. The number of benzene rings is 1. The molecule has 3 nitrogen and oxygen atoms in total. The van der Waals surface area contributed by atoms with Crippen molar-refractivity contribution in [3.63, 3.8) is 0 Å². The number of rotatable bonds is 3. The number of alkyl halides is 3. The third-order valence-electron chi connectivity index (χ3n) is 3.82. The minimum absolute atomic E-state index is 0.0556. The van der Waals surface area contributed by atoms with Gasteiger partial charge in [-0.05, 0) is 38.0 Å². The van der Waals surface area contributed by atoms with E-state index >= 15 is 0 Å². The SMILES string of the molecule is C[C@H]1CN(C(=O)CCc2ccc(C(F)(F)F)cc2)C[C@H](C)N1. The largest absolute Gasteiger partial charge is 0.416 e. The van der Waals surface area contributed by atoms with Crippen molar-refractivity contribution in [3.8, 4) is 0 Å². The van der Waals surface area contributed by atoms with Crippen LogP contribution in [0.1, 0.15) is 31.4 Å². The van der Waals surface area contributed by atoms with Crippen LogP contribution in [0, 0.1) is 0 Å². The van der Waals surface area contributed by atoms with Crippen molar-refractivity contribution in [1.29, 1.82) is 0 Å². The van der Waals surface area contributed by atoms with E-state index in [1.54, 1.807) is 0 Å². The van der Waals surface area contributed by atoms with E-state index in [0.717, 1.165) is 17.7 Å². The van der Waals surface area contributed by atoms with Crippen molar-refractivity contribution in [3.05, 3.63) is 35.4 Å². The van der Waals surface area contributed by atoms with Crippen LogP contribution < -0.4 is 5.32 Å². The number of hydrogen-bond acceptors (Lipinski definition) is 2. The molecule has 1 aliphatic heterocycles. The second kappa shape index (κ2) is 6.69. The van der Waals surface area contributed by atoms with Crippen LogP contribution >= 0.6 is 0 Å². The van der Waals surface area contributed by atoms with E-state index in [2.05, 4.69) is 5.32 Å². The molecular formula is C16H21F3N2O. The molecule has 1 N–H and O–H groups in total. The highest BCUT2D eigenvalue weighted by molar-refractivity contribution is 5.76. The summed E-state index contributed by atoms with van der Waals surface area (Å²) in [6.07, 6.45) is -3.53. The number of amides is 1. The summed E-state index contributed by atoms with van der Waals surface area (Å²) in [6.45, 7) is 5.42. The smallest absolute Gasteiger partial charge is 0.340 e. The summed E-state index contributed by atoms with van der Waals surface area (Å²) in [5.74, 6) is 0.0556. The van der Waals surface area contributed by atoms with E-state index in [-0.39, 0.29) is 18.0 Å². The van der Waals surface area contributed by atoms with Crippen LogP contribution in [0.25, 0.3) is 0 Å². The Bertz CT molecular complexity index is 503. The molecule has 22 heavy (non-hydrogen) atoms. The Labute approximate surface area is 128 Å². The van der Waals surface area contributed by atoms with Gasteiger partial charge in [0.1, 0.15) is 0 Å². The first-order valence-corrected chi connectivity index (χ1v) is 7.45. The summed E-state index contributed by atoms with van der Waals surface area (Å²) in [5.41, 5.74) is 0.0879. The first-order chi connectivity index (χ1) is 10.3. The summed E-state index contributed by atoms with van der Waals surface area (Å²) in [7, 11) is 0. The lowest BCUT2D eigenvalue weighted by molar-refractivity contribution is -0.137. The van der Waals surface area contributed by atoms with E-state index in [1.165, 1.54) is 12.1 Å². The van der Waals surface area contributed by atoms with Crippen LogP contribution in [-0.2, 0) is 17.4 Å². The molecule has 1 heterocycles. The summed E-state index contributed by atoms with van der Waals surface area (Å²) in [4.78, 5) is 14.0. The van der Waals surface area contributed by atoms with Gasteiger partial charge < -0.3 is 10.2 Å². The van der Waals surface area contributed by atoms with Gasteiger partial charge in [0.2, 0.25) is 5.91 Å². The molecule has 2 rings (SSSR count). The van der Waals surface area contributed by atoms with Gasteiger partial charge in [-0.3, -0.25) is 4.79 Å². The molecule has 0 radical (unpaired) electrons. The van der Waals surface area contributed by atoms with Gasteiger partial charge in [-0.15, -0.1) is 0 Å². The molecule has 0 saturated carbocycles. The highest BCUT2D eigenvalue weighted by Crippen LogP contribution is 2.29. The fourth-order valence-electron chi connectivity index (χ4n) is 2.80. The van der Waals surface area contributed by atoms with Crippen LogP contribution in [0.3, 0.4) is 0 Å². The number of nitrogens with zero attached hydrogens (tertiary/aromatic N) is 1. The molecule has 0 unspecified atom stereocenters. The molecule has 1 amide bonds. The molecule has 1 aromatic carbocycles. The molecule has 1 saturated heterocycles. The fraction of sp³-hybridized carbons (Fsp3) is 0.562. The van der Waals surface area contributed by atoms with Crippen molar-refractivity contribution >= 4 is 5.91 Å². The monoisotopic (exact) mass is 314 g/mol. The Morgan fingerprint density at radius 3 is 2.23 bits per heavy atom. The van der Waals surface area contributed by atoms with Gasteiger partial charge in [0.15, 0.2) is 0 Å². The highest BCUT2D eigenvalue weighted by atomic mass is 19.4. The molecule has 122 valence electrons. The van der Waals surface area contributed by atoms with E-state index in [4.69, 9.17) is 0 Å². The lowest BCUT2D eigenvalue weighted by Gasteiger charge is -2.36. The number of hydrogen-bond donors (Lipinski definition) is 1. The maximum Gasteiger partial charge on any atom is 0.416 e. The van der Waals surface area contributed by atoms with Crippen LogP contribution in [0.4, 0.5) is 13.2 Å². The quantitative estimate of drug-likeness (QED) is 0.930. The van der Waals surface area contributed by atoms with Gasteiger partial charge in [-0.1, -0.05) is 12.1 Å². The molecule has 2 atom stereocenters. The Morgan fingerprint density at radius 1 is 1.18 bits per heavy atom. The van der Waals surface area contributed by atoms with Crippen LogP contribution in [-0.4, -0.2) is 36.0 Å². The summed E-state index contributed by atoms with van der Waals surface area (Å²) >= 11 is 0. The molecular weight excluding hydrogens is 293 g/mol. The van der Waals surface area contributed by atoms with Gasteiger partial charge in [-0.2, -0.15) is 13.2 Å². The van der Waals surface area contributed by atoms with Gasteiger partial charge >= 0.3 is 6.18 Å². The van der Waals surface area contributed by atoms with Crippen molar-refractivity contribution in [2.24, 2.45) is 0 Å². The molecule has 0 aliphatic carbocycles. The summed E-state index contributed by atoms with van der Waals surface area (Å²) in [6, 6.07) is 5.54. The van der Waals surface area contributed by atoms with E-state index in [9.17, 15) is 18.0 Å². The van der Waals surface area contributed by atoms with E-state index in [1.807, 2.05) is 18.7 Å². The number of aryl methyl sites for hydroxylation is 1. The molecule has 1 aliphatic rings. The van der Waals surface area contributed by atoms with Crippen LogP contribution in [0.5, 0.6) is 0 Å². The lowest BCUT2D eigenvalue weighted by Crippen LogP contribution is -2.55. The minimum atomic E-state index is -4.32. The van der Waals surface area contributed by atoms with Crippen molar-refractivity contribution in [1.82, 2.24) is 10.2 Å². The molecule has 1 aromatic rings. The third kappa shape index (κ3) is 4.47. The Hall–Kier alpha value is -1.56. The third-order valence-corrected chi connectivity index (χ3v) is 3.82. The Kier molecular flexibility index (Phi) is 5.11. The first-order valence-electron chi connectivity index (χ1n) is 7.45. The normalized spacial score (nSPS) is 22.7. The second-order valence-electron chi connectivity index (χ2n) is 5.96. The van der Waals surface area contributed by atoms with Crippen LogP contribution in [0.15, 0.2) is 24.3 Å². The average Bonchev–Trinajstić information content (AvgIpc) is 2.43. The molecule has 1 fully saturated rings. The number of nitrogens with one attached hydrogen (secondary N) is 1. The summed E-state index contributed by atoms with van der Waals surface area (Å²) < 4.78 is 37.4. The maximum absolute atomic E-state index is 12.5. The highest BCUT2D eigenvalue weighted by Gasteiger charge is 2.30.